The average molecular weight is 259 g/mol. The first-order valence-corrected chi connectivity index (χ1v) is 6.10. The van der Waals surface area contributed by atoms with E-state index in [1.54, 1.807) is 17.9 Å². The van der Waals surface area contributed by atoms with Crippen molar-refractivity contribution in [3.8, 4) is 0 Å². The van der Waals surface area contributed by atoms with E-state index in [2.05, 4.69) is 25.6 Å². The molecule has 3 N–H and O–H groups in total. The molecule has 18 heavy (non-hydrogen) atoms. The molecule has 1 aromatic carbocycles. The number of anilines is 2. The molecule has 2 aromatic heterocycles. The van der Waals surface area contributed by atoms with Crippen LogP contribution < -0.4 is 10.6 Å². The van der Waals surface area contributed by atoms with Gasteiger partial charge >= 0.3 is 6.03 Å². The Hall–Kier alpha value is -2.41. The van der Waals surface area contributed by atoms with Gasteiger partial charge in [0.15, 0.2) is 5.13 Å². The summed E-state index contributed by atoms with van der Waals surface area (Å²) in [4.78, 5) is 22.8. The summed E-state index contributed by atoms with van der Waals surface area (Å²) < 4.78 is 0. The summed E-state index contributed by atoms with van der Waals surface area (Å²) in [5, 5.41) is 7.76. The van der Waals surface area contributed by atoms with Crippen molar-refractivity contribution >= 4 is 39.2 Å². The van der Waals surface area contributed by atoms with Crippen molar-refractivity contribution in [2.24, 2.45) is 0 Å². The number of thiazole rings is 1. The Morgan fingerprint density at radius 1 is 1.28 bits per heavy atom. The maximum absolute atomic E-state index is 11.8. The van der Waals surface area contributed by atoms with Crippen molar-refractivity contribution in [2.75, 3.05) is 10.6 Å². The highest BCUT2D eigenvalue weighted by Gasteiger charge is 2.07. The molecule has 90 valence electrons. The zero-order valence-corrected chi connectivity index (χ0v) is 9.99. The lowest BCUT2D eigenvalue weighted by Crippen LogP contribution is -2.19. The number of fused-ring (bicyclic) bond motifs is 1. The topological polar surface area (TPSA) is 82.7 Å². The minimum absolute atomic E-state index is 0.327. The minimum atomic E-state index is -0.327. The predicted molar refractivity (Wildman–Crippen MR) is 70.8 cm³/mol. The van der Waals surface area contributed by atoms with E-state index in [0.717, 1.165) is 11.0 Å². The van der Waals surface area contributed by atoms with E-state index in [0.29, 0.717) is 10.8 Å². The number of H-pyrrole nitrogens is 1. The standard InChI is InChI=1S/C11H9N5OS/c17-10(16-11-12-4-5-18-11)15-8-3-1-2-7-9(8)14-6-13-7/h1-6H,(H,13,14)(H2,12,15,16,17). The fraction of sp³-hybridized carbons (Fsp3) is 0. The van der Waals surface area contributed by atoms with Crippen molar-refractivity contribution < 1.29 is 4.79 Å². The molecular formula is C11H9N5OS. The molecule has 0 unspecified atom stereocenters. The lowest BCUT2D eigenvalue weighted by atomic mass is 10.2. The number of rotatable bonds is 2. The van der Waals surface area contributed by atoms with E-state index in [1.165, 1.54) is 11.3 Å². The van der Waals surface area contributed by atoms with E-state index in [1.807, 2.05) is 18.2 Å². The Bertz CT molecular complexity index is 676. The molecule has 0 atom stereocenters. The van der Waals surface area contributed by atoms with Gasteiger partial charge < -0.3 is 10.3 Å². The van der Waals surface area contributed by atoms with Crippen LogP contribution in [0.15, 0.2) is 36.1 Å². The SMILES string of the molecule is O=C(Nc1nccs1)Nc1cccc2nc[nH]c12. The van der Waals surface area contributed by atoms with Gasteiger partial charge in [-0.25, -0.2) is 14.8 Å². The zero-order chi connectivity index (χ0) is 12.4. The van der Waals surface area contributed by atoms with Gasteiger partial charge in [0.25, 0.3) is 0 Å². The number of carbonyl (C=O) groups excluding carboxylic acids is 1. The zero-order valence-electron chi connectivity index (χ0n) is 9.18. The quantitative estimate of drug-likeness (QED) is 0.661. The van der Waals surface area contributed by atoms with E-state index < -0.39 is 0 Å². The number of urea groups is 1. The summed E-state index contributed by atoms with van der Waals surface area (Å²) in [6.07, 6.45) is 3.23. The van der Waals surface area contributed by atoms with Crippen LogP contribution in [0.1, 0.15) is 0 Å². The molecule has 0 saturated carbocycles. The summed E-state index contributed by atoms with van der Waals surface area (Å²) >= 11 is 1.36. The number of amides is 2. The number of nitrogens with zero attached hydrogens (tertiary/aromatic N) is 2. The first-order chi connectivity index (χ1) is 8.83. The van der Waals surface area contributed by atoms with E-state index in [-0.39, 0.29) is 6.03 Å². The maximum atomic E-state index is 11.8. The summed E-state index contributed by atoms with van der Waals surface area (Å²) in [5.74, 6) is 0. The average Bonchev–Trinajstić information content (AvgIpc) is 2.99. The summed E-state index contributed by atoms with van der Waals surface area (Å²) in [7, 11) is 0. The van der Waals surface area contributed by atoms with Gasteiger partial charge in [0.05, 0.1) is 23.0 Å². The monoisotopic (exact) mass is 259 g/mol. The molecule has 6 nitrogen and oxygen atoms in total. The number of para-hydroxylation sites is 1. The van der Waals surface area contributed by atoms with Crippen molar-refractivity contribution in [1.82, 2.24) is 15.0 Å². The van der Waals surface area contributed by atoms with Gasteiger partial charge in [-0.3, -0.25) is 5.32 Å². The van der Waals surface area contributed by atoms with Crippen molar-refractivity contribution in [2.45, 2.75) is 0 Å². The Labute approximate surface area is 106 Å². The molecule has 0 aliphatic heterocycles. The third kappa shape index (κ3) is 2.03. The van der Waals surface area contributed by atoms with Crippen LogP contribution in [0.25, 0.3) is 11.0 Å². The summed E-state index contributed by atoms with van der Waals surface area (Å²) in [5.41, 5.74) is 2.29. The van der Waals surface area contributed by atoms with Gasteiger partial charge in [0, 0.05) is 11.6 Å². The molecule has 0 aliphatic carbocycles. The Morgan fingerprint density at radius 2 is 2.22 bits per heavy atom. The Balaban J connectivity index is 1.80. The highest BCUT2D eigenvalue weighted by molar-refractivity contribution is 7.13. The fourth-order valence-electron chi connectivity index (χ4n) is 1.61. The highest BCUT2D eigenvalue weighted by Crippen LogP contribution is 2.20. The molecule has 3 aromatic rings. The van der Waals surface area contributed by atoms with Crippen LogP contribution in [0.5, 0.6) is 0 Å². The number of hydrogen-bond acceptors (Lipinski definition) is 4. The first kappa shape index (κ1) is 10.7. The van der Waals surface area contributed by atoms with Crippen molar-refractivity contribution in [3.63, 3.8) is 0 Å². The molecule has 0 saturated heterocycles. The molecule has 3 rings (SSSR count). The molecule has 0 bridgehead atoms. The summed E-state index contributed by atoms with van der Waals surface area (Å²) in [6, 6.07) is 5.19. The second-order valence-electron chi connectivity index (χ2n) is 3.52. The molecule has 0 radical (unpaired) electrons. The number of carbonyl (C=O) groups is 1. The smallest absolute Gasteiger partial charge is 0.325 e. The van der Waals surface area contributed by atoms with Gasteiger partial charge in [0.2, 0.25) is 0 Å². The molecule has 0 aliphatic rings. The van der Waals surface area contributed by atoms with Gasteiger partial charge in [0.1, 0.15) is 0 Å². The summed E-state index contributed by atoms with van der Waals surface area (Å²) in [6.45, 7) is 0. The Kier molecular flexibility index (Phi) is 2.66. The third-order valence-electron chi connectivity index (χ3n) is 2.36. The minimum Gasteiger partial charge on any atom is -0.343 e. The third-order valence-corrected chi connectivity index (χ3v) is 3.04. The molecule has 7 heteroatoms. The van der Waals surface area contributed by atoms with Crippen molar-refractivity contribution in [1.29, 1.82) is 0 Å². The van der Waals surface area contributed by atoms with Crippen LogP contribution in [-0.4, -0.2) is 21.0 Å². The number of hydrogen-bond donors (Lipinski definition) is 3. The molecule has 0 spiro atoms. The van der Waals surface area contributed by atoms with Crippen LogP contribution in [0.3, 0.4) is 0 Å². The van der Waals surface area contributed by atoms with Crippen LogP contribution in [0.4, 0.5) is 15.6 Å². The van der Waals surface area contributed by atoms with Gasteiger partial charge in [-0.1, -0.05) is 6.07 Å². The van der Waals surface area contributed by atoms with Crippen LogP contribution in [-0.2, 0) is 0 Å². The van der Waals surface area contributed by atoms with E-state index in [9.17, 15) is 4.79 Å². The van der Waals surface area contributed by atoms with Crippen molar-refractivity contribution in [3.05, 3.63) is 36.1 Å². The second kappa shape index (κ2) is 4.46. The number of nitrogens with one attached hydrogen (secondary N) is 3. The number of aromatic nitrogens is 3. The number of aromatic amines is 1. The first-order valence-electron chi connectivity index (χ1n) is 5.22. The van der Waals surface area contributed by atoms with E-state index >= 15 is 0 Å². The molecular weight excluding hydrogens is 250 g/mol. The van der Waals surface area contributed by atoms with Gasteiger partial charge in [-0.05, 0) is 12.1 Å². The number of imidazole rings is 1. The largest absolute Gasteiger partial charge is 0.343 e. The Morgan fingerprint density at radius 3 is 3.06 bits per heavy atom. The molecule has 2 heterocycles. The van der Waals surface area contributed by atoms with Gasteiger partial charge in [-0.2, -0.15) is 0 Å². The van der Waals surface area contributed by atoms with E-state index in [4.69, 9.17) is 0 Å². The number of benzene rings is 1. The lowest BCUT2D eigenvalue weighted by molar-refractivity contribution is 0.262. The second-order valence-corrected chi connectivity index (χ2v) is 4.41. The van der Waals surface area contributed by atoms with Crippen LogP contribution in [0.2, 0.25) is 0 Å². The van der Waals surface area contributed by atoms with Gasteiger partial charge in [-0.15, -0.1) is 11.3 Å². The highest BCUT2D eigenvalue weighted by atomic mass is 32.1. The molecule has 0 fully saturated rings. The van der Waals surface area contributed by atoms with Crippen LogP contribution in [0, 0.1) is 0 Å². The maximum Gasteiger partial charge on any atom is 0.325 e. The normalized spacial score (nSPS) is 10.4. The van der Waals surface area contributed by atoms with Crippen LogP contribution >= 0.6 is 11.3 Å². The lowest BCUT2D eigenvalue weighted by Gasteiger charge is -2.05. The predicted octanol–water partition coefficient (Wildman–Crippen LogP) is 2.66. The fourth-order valence-corrected chi connectivity index (χ4v) is 2.13. The molecule has 2 amide bonds.